The van der Waals surface area contributed by atoms with Crippen molar-refractivity contribution in [1.82, 2.24) is 5.32 Å². The average molecular weight is 271 g/mol. The van der Waals surface area contributed by atoms with Crippen LogP contribution in [0.25, 0.3) is 0 Å². The first kappa shape index (κ1) is 14.4. The van der Waals surface area contributed by atoms with Gasteiger partial charge < -0.3 is 5.32 Å². The number of hydrogen-bond acceptors (Lipinski definition) is 3. The molecule has 1 aromatic carbocycles. The minimum absolute atomic E-state index is 0.204. The second-order valence-electron chi connectivity index (χ2n) is 3.59. The van der Waals surface area contributed by atoms with Crippen LogP contribution in [0.2, 0.25) is 0 Å². The zero-order chi connectivity index (χ0) is 13.6. The van der Waals surface area contributed by atoms with Crippen molar-refractivity contribution in [1.29, 1.82) is 0 Å². The molecule has 0 unspecified atom stereocenters. The van der Waals surface area contributed by atoms with Crippen molar-refractivity contribution in [3.8, 4) is 0 Å². The van der Waals surface area contributed by atoms with E-state index in [0.29, 0.717) is 0 Å². The van der Waals surface area contributed by atoms with Crippen molar-refractivity contribution in [3.63, 3.8) is 0 Å². The van der Waals surface area contributed by atoms with Crippen molar-refractivity contribution in [2.24, 2.45) is 0 Å². The third-order valence-corrected chi connectivity index (χ3v) is 3.96. The third-order valence-electron chi connectivity index (χ3n) is 2.21. The Morgan fingerprint density at radius 3 is 2.67 bits per heavy atom. The van der Waals surface area contributed by atoms with Crippen molar-refractivity contribution in [3.05, 3.63) is 42.7 Å². The van der Waals surface area contributed by atoms with Crippen LogP contribution in [-0.2, 0) is 14.6 Å². The van der Waals surface area contributed by atoms with Crippen LogP contribution in [0.3, 0.4) is 0 Å². The van der Waals surface area contributed by atoms with Crippen LogP contribution >= 0.6 is 0 Å². The molecular weight excluding hydrogens is 257 g/mol. The van der Waals surface area contributed by atoms with Crippen LogP contribution in [-0.4, -0.2) is 26.6 Å². The van der Waals surface area contributed by atoms with Crippen LogP contribution in [0.5, 0.6) is 0 Å². The Morgan fingerprint density at radius 2 is 2.06 bits per heavy atom. The number of nitrogens with one attached hydrogen (secondary N) is 1. The van der Waals surface area contributed by atoms with Gasteiger partial charge in [-0.2, -0.15) is 0 Å². The Hall–Kier alpha value is -1.69. The van der Waals surface area contributed by atoms with Crippen molar-refractivity contribution >= 4 is 15.7 Å². The first-order valence-electron chi connectivity index (χ1n) is 5.32. The van der Waals surface area contributed by atoms with Gasteiger partial charge in [0.25, 0.3) is 0 Å². The summed E-state index contributed by atoms with van der Waals surface area (Å²) >= 11 is 0. The van der Waals surface area contributed by atoms with E-state index in [1.807, 2.05) is 0 Å². The topological polar surface area (TPSA) is 63.2 Å². The number of benzene rings is 1. The van der Waals surface area contributed by atoms with E-state index in [4.69, 9.17) is 0 Å². The molecule has 0 saturated heterocycles. The molecule has 0 radical (unpaired) electrons. The predicted molar refractivity (Wildman–Crippen MR) is 66.3 cm³/mol. The molecule has 0 spiro atoms. The molecule has 18 heavy (non-hydrogen) atoms. The number of amides is 1. The van der Waals surface area contributed by atoms with Gasteiger partial charge in [0.15, 0.2) is 9.84 Å². The molecule has 1 aromatic rings. The minimum atomic E-state index is -3.77. The maximum Gasteiger partial charge on any atom is 0.221 e. The van der Waals surface area contributed by atoms with Gasteiger partial charge in [-0.1, -0.05) is 18.2 Å². The Morgan fingerprint density at radius 1 is 1.39 bits per heavy atom. The van der Waals surface area contributed by atoms with E-state index in [9.17, 15) is 17.6 Å². The van der Waals surface area contributed by atoms with E-state index in [0.717, 1.165) is 6.07 Å². The number of hydrogen-bond donors (Lipinski definition) is 1. The largest absolute Gasteiger partial charge is 0.353 e. The fourth-order valence-corrected chi connectivity index (χ4v) is 2.63. The summed E-state index contributed by atoms with van der Waals surface area (Å²) in [4.78, 5) is 10.9. The standard InChI is InChI=1S/C12H14FNO3S/c1-2-8-14-12(15)7-9-18(16,17)11-6-4-3-5-10(11)13/h2-6H,1,7-9H2,(H,14,15). The fraction of sp³-hybridized carbons (Fsp3) is 0.250. The second-order valence-corrected chi connectivity index (χ2v) is 5.67. The summed E-state index contributed by atoms with van der Waals surface area (Å²) in [6.45, 7) is 3.69. The van der Waals surface area contributed by atoms with Gasteiger partial charge >= 0.3 is 0 Å². The third kappa shape index (κ3) is 3.96. The summed E-state index contributed by atoms with van der Waals surface area (Å²) in [7, 11) is -3.77. The van der Waals surface area contributed by atoms with Crippen molar-refractivity contribution < 1.29 is 17.6 Å². The summed E-state index contributed by atoms with van der Waals surface area (Å²) < 4.78 is 36.9. The van der Waals surface area contributed by atoms with Gasteiger partial charge in [-0.25, -0.2) is 12.8 Å². The first-order chi connectivity index (χ1) is 8.47. The fourth-order valence-electron chi connectivity index (χ4n) is 1.31. The molecule has 0 atom stereocenters. The number of rotatable bonds is 6. The van der Waals surface area contributed by atoms with E-state index in [2.05, 4.69) is 11.9 Å². The molecule has 6 heteroatoms. The quantitative estimate of drug-likeness (QED) is 0.793. The lowest BCUT2D eigenvalue weighted by Gasteiger charge is -2.05. The molecule has 1 N–H and O–H groups in total. The van der Waals surface area contributed by atoms with Gasteiger partial charge in [0.2, 0.25) is 5.91 Å². The number of carbonyl (C=O) groups excluding carboxylic acids is 1. The summed E-state index contributed by atoms with van der Waals surface area (Å²) in [5.41, 5.74) is 0. The highest BCUT2D eigenvalue weighted by molar-refractivity contribution is 7.91. The normalized spacial score (nSPS) is 10.9. The second kappa shape index (κ2) is 6.30. The molecule has 0 aliphatic heterocycles. The molecule has 0 fully saturated rings. The van der Waals surface area contributed by atoms with E-state index >= 15 is 0 Å². The highest BCUT2D eigenvalue weighted by atomic mass is 32.2. The van der Waals surface area contributed by atoms with Crippen LogP contribution in [0.4, 0.5) is 4.39 Å². The minimum Gasteiger partial charge on any atom is -0.353 e. The molecule has 0 aliphatic carbocycles. The van der Waals surface area contributed by atoms with Crippen LogP contribution < -0.4 is 5.32 Å². The highest BCUT2D eigenvalue weighted by Gasteiger charge is 2.19. The molecule has 0 aromatic heterocycles. The smallest absolute Gasteiger partial charge is 0.221 e. The molecule has 0 heterocycles. The first-order valence-corrected chi connectivity index (χ1v) is 6.97. The zero-order valence-corrected chi connectivity index (χ0v) is 10.5. The molecular formula is C12H14FNO3S. The van der Waals surface area contributed by atoms with E-state index < -0.39 is 27.3 Å². The lowest BCUT2D eigenvalue weighted by atomic mass is 10.3. The van der Waals surface area contributed by atoms with E-state index in [1.54, 1.807) is 0 Å². The molecule has 98 valence electrons. The number of carbonyl (C=O) groups is 1. The maximum atomic E-state index is 13.3. The molecule has 0 aliphatic rings. The van der Waals surface area contributed by atoms with Crippen LogP contribution in [0.1, 0.15) is 6.42 Å². The lowest BCUT2D eigenvalue weighted by Crippen LogP contribution is -2.25. The van der Waals surface area contributed by atoms with Gasteiger partial charge in [-0.15, -0.1) is 6.58 Å². The number of halogens is 1. The van der Waals surface area contributed by atoms with E-state index in [1.165, 1.54) is 24.3 Å². The van der Waals surface area contributed by atoms with Gasteiger partial charge in [0.05, 0.1) is 5.75 Å². The van der Waals surface area contributed by atoms with Gasteiger partial charge in [0, 0.05) is 13.0 Å². The molecule has 0 saturated carbocycles. The summed E-state index contributed by atoms with van der Waals surface area (Å²) in [5, 5.41) is 2.46. The zero-order valence-electron chi connectivity index (χ0n) is 9.73. The van der Waals surface area contributed by atoms with Gasteiger partial charge in [-0.05, 0) is 12.1 Å². The highest BCUT2D eigenvalue weighted by Crippen LogP contribution is 2.15. The molecule has 1 rings (SSSR count). The van der Waals surface area contributed by atoms with Crippen molar-refractivity contribution in [2.75, 3.05) is 12.3 Å². The number of sulfone groups is 1. The monoisotopic (exact) mass is 271 g/mol. The van der Waals surface area contributed by atoms with Gasteiger partial charge in [-0.3, -0.25) is 4.79 Å². The Kier molecular flexibility index (Phi) is 5.03. The average Bonchev–Trinajstić information content (AvgIpc) is 2.34. The molecule has 4 nitrogen and oxygen atoms in total. The molecule has 0 bridgehead atoms. The SMILES string of the molecule is C=CCNC(=O)CCS(=O)(=O)c1ccccc1F. The van der Waals surface area contributed by atoms with Crippen molar-refractivity contribution in [2.45, 2.75) is 11.3 Å². The summed E-state index contributed by atoms with van der Waals surface area (Å²) in [5.74, 6) is -1.63. The van der Waals surface area contributed by atoms with Crippen LogP contribution in [0.15, 0.2) is 41.8 Å². The lowest BCUT2D eigenvalue weighted by molar-refractivity contribution is -0.120. The molecule has 1 amide bonds. The Balaban J connectivity index is 2.69. The Labute approximate surface area is 105 Å². The Bertz CT molecular complexity index is 540. The van der Waals surface area contributed by atoms with Gasteiger partial charge in [0.1, 0.15) is 10.7 Å². The predicted octanol–water partition coefficient (Wildman–Crippen LogP) is 1.29. The summed E-state index contributed by atoms with van der Waals surface area (Å²) in [6.07, 6.45) is 1.29. The van der Waals surface area contributed by atoms with E-state index in [-0.39, 0.29) is 17.9 Å². The maximum absolute atomic E-state index is 13.3. The summed E-state index contributed by atoms with van der Waals surface area (Å²) in [6, 6.07) is 5.11. The van der Waals surface area contributed by atoms with Crippen LogP contribution in [0, 0.1) is 5.82 Å².